The number of rotatable bonds is 2. The largest absolute Gasteiger partial charge is 0.395 e. The normalized spacial score (nSPS) is 43.0. The molecular weight excluding hydrogens is 162 g/mol. The summed E-state index contributed by atoms with van der Waals surface area (Å²) in [6.07, 6.45) is -2.29. The first-order valence-corrected chi connectivity index (χ1v) is 3.94. The van der Waals surface area contributed by atoms with Crippen molar-refractivity contribution in [3.63, 3.8) is 0 Å². The molecule has 0 spiro atoms. The maximum atomic E-state index is 9.41. The fourth-order valence-electron chi connectivity index (χ4n) is 1.36. The van der Waals surface area contributed by atoms with E-state index in [2.05, 4.69) is 5.32 Å². The van der Waals surface area contributed by atoms with Crippen LogP contribution in [0.15, 0.2) is 0 Å². The number of ether oxygens (including phenoxy) is 1. The van der Waals surface area contributed by atoms with E-state index >= 15 is 0 Å². The molecule has 0 radical (unpaired) electrons. The van der Waals surface area contributed by atoms with Gasteiger partial charge in [0, 0.05) is 13.7 Å². The Morgan fingerprint density at radius 3 is 2.58 bits per heavy atom. The number of hydrogen-bond donors (Lipinski definition) is 4. The van der Waals surface area contributed by atoms with E-state index in [4.69, 9.17) is 9.84 Å². The monoisotopic (exact) mass is 177 g/mol. The van der Waals surface area contributed by atoms with Crippen molar-refractivity contribution in [2.24, 2.45) is 0 Å². The molecule has 0 saturated carbocycles. The van der Waals surface area contributed by atoms with Gasteiger partial charge in [-0.05, 0) is 0 Å². The van der Waals surface area contributed by atoms with Crippen LogP contribution < -0.4 is 5.32 Å². The lowest BCUT2D eigenvalue weighted by Gasteiger charge is -2.36. The van der Waals surface area contributed by atoms with Gasteiger partial charge in [0.2, 0.25) is 0 Å². The second-order valence-corrected chi connectivity index (χ2v) is 2.95. The molecule has 1 rings (SSSR count). The maximum Gasteiger partial charge on any atom is 0.109 e. The Balaban J connectivity index is 2.52. The Morgan fingerprint density at radius 2 is 2.08 bits per heavy atom. The molecule has 12 heavy (non-hydrogen) atoms. The van der Waals surface area contributed by atoms with Gasteiger partial charge in [0.05, 0.1) is 24.9 Å². The average Bonchev–Trinajstić information content (AvgIpc) is 2.10. The molecule has 0 unspecified atom stereocenters. The highest BCUT2D eigenvalue weighted by Gasteiger charge is 2.36. The number of hydrogen-bond acceptors (Lipinski definition) is 5. The zero-order valence-electron chi connectivity index (χ0n) is 6.97. The van der Waals surface area contributed by atoms with Crippen LogP contribution in [0.1, 0.15) is 0 Å². The van der Waals surface area contributed by atoms with Crippen LogP contribution in [0.5, 0.6) is 0 Å². The molecular formula is C7H15NO4. The van der Waals surface area contributed by atoms with Crippen molar-refractivity contribution in [2.45, 2.75) is 24.4 Å². The lowest BCUT2D eigenvalue weighted by atomic mass is 9.96. The zero-order chi connectivity index (χ0) is 9.14. The predicted molar refractivity (Wildman–Crippen MR) is 41.7 cm³/mol. The van der Waals surface area contributed by atoms with Crippen LogP contribution in [0.4, 0.5) is 0 Å². The maximum absolute atomic E-state index is 9.41. The lowest BCUT2D eigenvalue weighted by Crippen LogP contribution is -2.61. The summed E-state index contributed by atoms with van der Waals surface area (Å²) in [5.74, 6) is 0. The Bertz CT molecular complexity index is 127. The van der Waals surface area contributed by atoms with Crippen molar-refractivity contribution in [3.05, 3.63) is 0 Å². The second kappa shape index (κ2) is 4.15. The summed E-state index contributed by atoms with van der Waals surface area (Å²) in [7, 11) is 1.47. The summed E-state index contributed by atoms with van der Waals surface area (Å²) < 4.78 is 4.91. The second-order valence-electron chi connectivity index (χ2n) is 2.95. The highest BCUT2D eigenvalue weighted by atomic mass is 16.5. The molecule has 72 valence electrons. The molecule has 1 aliphatic heterocycles. The van der Waals surface area contributed by atoms with Crippen LogP contribution in [0, 0.1) is 0 Å². The molecule has 5 heteroatoms. The highest BCUT2D eigenvalue weighted by Crippen LogP contribution is 2.12. The van der Waals surface area contributed by atoms with E-state index in [9.17, 15) is 10.2 Å². The highest BCUT2D eigenvalue weighted by molar-refractivity contribution is 4.92. The standard InChI is InChI=1S/C7H15NO4/c1-12-5-2-8-4(3-9)6(10)7(5)11/h4-11H,2-3H2,1H3/t4-,5-,6-,7-/m1/s1. The minimum atomic E-state index is -0.964. The van der Waals surface area contributed by atoms with Crippen LogP contribution in [-0.2, 0) is 4.74 Å². The summed E-state index contributed by atoms with van der Waals surface area (Å²) >= 11 is 0. The number of methoxy groups -OCH3 is 1. The van der Waals surface area contributed by atoms with Crippen molar-refractivity contribution in [3.8, 4) is 0 Å². The molecule has 1 fully saturated rings. The van der Waals surface area contributed by atoms with Crippen molar-refractivity contribution >= 4 is 0 Å². The van der Waals surface area contributed by atoms with Gasteiger partial charge in [-0.15, -0.1) is 0 Å². The first kappa shape index (κ1) is 9.88. The molecule has 1 heterocycles. The van der Waals surface area contributed by atoms with Crippen molar-refractivity contribution in [1.29, 1.82) is 0 Å². The molecule has 1 saturated heterocycles. The molecule has 0 aromatic rings. The summed E-state index contributed by atoms with van der Waals surface area (Å²) in [5.41, 5.74) is 0. The average molecular weight is 177 g/mol. The summed E-state index contributed by atoms with van der Waals surface area (Å²) in [6.45, 7) is 0.259. The summed E-state index contributed by atoms with van der Waals surface area (Å²) in [4.78, 5) is 0. The van der Waals surface area contributed by atoms with Crippen molar-refractivity contribution in [2.75, 3.05) is 20.3 Å². The Hall–Kier alpha value is -0.200. The Labute approximate surface area is 71.0 Å². The zero-order valence-corrected chi connectivity index (χ0v) is 6.97. The molecule has 1 aliphatic rings. The Morgan fingerprint density at radius 1 is 1.42 bits per heavy atom. The van der Waals surface area contributed by atoms with Gasteiger partial charge in [-0.2, -0.15) is 0 Å². The quantitative estimate of drug-likeness (QED) is 0.381. The molecule has 0 aromatic carbocycles. The van der Waals surface area contributed by atoms with Gasteiger partial charge in [-0.1, -0.05) is 0 Å². The van der Waals surface area contributed by atoms with E-state index in [0.29, 0.717) is 6.54 Å². The van der Waals surface area contributed by atoms with Gasteiger partial charge in [0.25, 0.3) is 0 Å². The van der Waals surface area contributed by atoms with E-state index < -0.39 is 24.4 Å². The fourth-order valence-corrected chi connectivity index (χ4v) is 1.36. The SMILES string of the molecule is CO[C@@H]1CN[C@H](CO)[C@@H](O)[C@@H]1O. The third-order valence-corrected chi connectivity index (χ3v) is 2.22. The van der Waals surface area contributed by atoms with Gasteiger partial charge >= 0.3 is 0 Å². The van der Waals surface area contributed by atoms with E-state index in [0.717, 1.165) is 0 Å². The minimum Gasteiger partial charge on any atom is -0.395 e. The molecule has 0 aromatic heterocycles. The predicted octanol–water partition coefficient (Wildman–Crippen LogP) is -2.31. The van der Waals surface area contributed by atoms with Crippen LogP contribution >= 0.6 is 0 Å². The summed E-state index contributed by atoms with van der Waals surface area (Å²) in [5, 5.41) is 30.4. The number of piperidine rings is 1. The molecule has 0 amide bonds. The van der Waals surface area contributed by atoms with E-state index in [-0.39, 0.29) is 6.61 Å². The fraction of sp³-hybridized carbons (Fsp3) is 1.00. The first-order chi connectivity index (χ1) is 5.70. The molecule has 4 N–H and O–H groups in total. The van der Waals surface area contributed by atoms with Crippen LogP contribution in [-0.4, -0.2) is 59.9 Å². The van der Waals surface area contributed by atoms with E-state index in [1.54, 1.807) is 0 Å². The first-order valence-electron chi connectivity index (χ1n) is 3.94. The molecule has 0 aliphatic carbocycles. The third-order valence-electron chi connectivity index (χ3n) is 2.22. The van der Waals surface area contributed by atoms with Crippen LogP contribution in [0.2, 0.25) is 0 Å². The lowest BCUT2D eigenvalue weighted by molar-refractivity contribution is -0.113. The number of nitrogens with one attached hydrogen (secondary N) is 1. The van der Waals surface area contributed by atoms with Gasteiger partial charge in [0.1, 0.15) is 6.10 Å². The topological polar surface area (TPSA) is 82.0 Å². The Kier molecular flexibility index (Phi) is 3.42. The number of aliphatic hydroxyl groups is 3. The van der Waals surface area contributed by atoms with Crippen molar-refractivity contribution < 1.29 is 20.1 Å². The molecule has 4 atom stereocenters. The van der Waals surface area contributed by atoms with Crippen molar-refractivity contribution in [1.82, 2.24) is 5.32 Å². The smallest absolute Gasteiger partial charge is 0.109 e. The summed E-state index contributed by atoms with van der Waals surface area (Å²) in [6, 6.07) is -0.452. The van der Waals surface area contributed by atoms with Gasteiger partial charge in [0.15, 0.2) is 0 Å². The van der Waals surface area contributed by atoms with E-state index in [1.165, 1.54) is 7.11 Å². The molecule has 0 bridgehead atoms. The molecule has 5 nitrogen and oxygen atoms in total. The van der Waals surface area contributed by atoms with Gasteiger partial charge in [-0.25, -0.2) is 0 Å². The van der Waals surface area contributed by atoms with Crippen LogP contribution in [0.25, 0.3) is 0 Å². The third kappa shape index (κ3) is 1.75. The minimum absolute atomic E-state index is 0.186. The van der Waals surface area contributed by atoms with Crippen LogP contribution in [0.3, 0.4) is 0 Å². The van der Waals surface area contributed by atoms with E-state index in [1.807, 2.05) is 0 Å². The number of aliphatic hydroxyl groups excluding tert-OH is 3. The van der Waals surface area contributed by atoms with Gasteiger partial charge < -0.3 is 25.4 Å². The van der Waals surface area contributed by atoms with Gasteiger partial charge in [-0.3, -0.25) is 0 Å².